The molecule has 1 aromatic carbocycles. The van der Waals surface area contributed by atoms with E-state index < -0.39 is 0 Å². The Bertz CT molecular complexity index is 754. The van der Waals surface area contributed by atoms with E-state index in [0.29, 0.717) is 29.2 Å². The number of hydrogen-bond acceptors (Lipinski definition) is 5. The van der Waals surface area contributed by atoms with E-state index in [9.17, 15) is 9.59 Å². The third-order valence-electron chi connectivity index (χ3n) is 3.59. The highest BCUT2D eigenvalue weighted by Gasteiger charge is 2.12. The molecule has 2 N–H and O–H groups in total. The normalized spacial score (nSPS) is 10.6. The maximum Gasteiger partial charge on any atom is 0.250 e. The summed E-state index contributed by atoms with van der Waals surface area (Å²) in [6, 6.07) is 4.87. The van der Waals surface area contributed by atoms with Crippen molar-refractivity contribution >= 4 is 34.8 Å². The lowest BCUT2D eigenvalue weighted by Gasteiger charge is -2.10. The van der Waals surface area contributed by atoms with Crippen molar-refractivity contribution < 1.29 is 18.8 Å². The summed E-state index contributed by atoms with van der Waals surface area (Å²) in [5.74, 6) is 0.275. The van der Waals surface area contributed by atoms with Gasteiger partial charge in [0.2, 0.25) is 11.8 Å². The molecule has 0 saturated heterocycles. The molecular weight excluding hydrogens is 346 g/mol. The van der Waals surface area contributed by atoms with Gasteiger partial charge in [-0.1, -0.05) is 16.8 Å². The van der Waals surface area contributed by atoms with Gasteiger partial charge in [-0.05, 0) is 38.5 Å². The van der Waals surface area contributed by atoms with E-state index in [4.69, 9.17) is 20.9 Å². The first-order chi connectivity index (χ1) is 11.9. The standard InChI is InChI=1S/C17H20ClN3O4/c1-10-13(11(2)25-21-10)5-7-16(22)19-12-4-6-15(14(18)8-12)20-17(23)9-24-3/h4,6,8H,5,7,9H2,1-3H3,(H,19,22)(H,20,23). The maximum atomic E-state index is 12.1. The average molecular weight is 366 g/mol. The molecule has 7 nitrogen and oxygen atoms in total. The van der Waals surface area contributed by atoms with Crippen molar-refractivity contribution in [3.8, 4) is 0 Å². The molecule has 2 aromatic rings. The second-order valence-electron chi connectivity index (χ2n) is 5.53. The summed E-state index contributed by atoms with van der Waals surface area (Å²) >= 11 is 6.13. The van der Waals surface area contributed by atoms with Crippen LogP contribution in [0.4, 0.5) is 11.4 Å². The molecule has 8 heteroatoms. The minimum atomic E-state index is -0.305. The monoisotopic (exact) mass is 365 g/mol. The number of nitrogens with zero attached hydrogens (tertiary/aromatic N) is 1. The fourth-order valence-corrected chi connectivity index (χ4v) is 2.56. The van der Waals surface area contributed by atoms with Crippen molar-refractivity contribution in [2.24, 2.45) is 0 Å². The van der Waals surface area contributed by atoms with E-state index in [1.54, 1.807) is 18.2 Å². The number of amides is 2. The van der Waals surface area contributed by atoms with Gasteiger partial charge in [-0.15, -0.1) is 0 Å². The van der Waals surface area contributed by atoms with Crippen molar-refractivity contribution in [3.63, 3.8) is 0 Å². The first-order valence-corrected chi connectivity index (χ1v) is 8.08. The summed E-state index contributed by atoms with van der Waals surface area (Å²) < 4.78 is 9.82. The molecule has 0 aliphatic rings. The van der Waals surface area contributed by atoms with E-state index in [1.165, 1.54) is 7.11 Å². The molecule has 2 rings (SSSR count). The number of benzene rings is 1. The topological polar surface area (TPSA) is 93.5 Å². The van der Waals surface area contributed by atoms with Crippen LogP contribution in [0.25, 0.3) is 0 Å². The summed E-state index contributed by atoms with van der Waals surface area (Å²) in [7, 11) is 1.43. The summed E-state index contributed by atoms with van der Waals surface area (Å²) in [5.41, 5.74) is 2.75. The summed E-state index contributed by atoms with van der Waals surface area (Å²) in [4.78, 5) is 23.6. The smallest absolute Gasteiger partial charge is 0.250 e. The number of anilines is 2. The highest BCUT2D eigenvalue weighted by molar-refractivity contribution is 6.34. The molecule has 0 atom stereocenters. The van der Waals surface area contributed by atoms with Crippen LogP contribution in [0.2, 0.25) is 5.02 Å². The van der Waals surface area contributed by atoms with E-state index in [1.807, 2.05) is 13.8 Å². The average Bonchev–Trinajstić information content (AvgIpc) is 2.87. The number of aryl methyl sites for hydroxylation is 2. The number of hydrogen-bond donors (Lipinski definition) is 2. The van der Waals surface area contributed by atoms with Gasteiger partial charge in [0, 0.05) is 24.8 Å². The van der Waals surface area contributed by atoms with Crippen molar-refractivity contribution in [2.45, 2.75) is 26.7 Å². The largest absolute Gasteiger partial charge is 0.375 e. The number of ether oxygens (including phenoxy) is 1. The molecule has 0 bridgehead atoms. The van der Waals surface area contributed by atoms with Gasteiger partial charge in [-0.2, -0.15) is 0 Å². The minimum absolute atomic E-state index is 0.0590. The predicted molar refractivity (Wildman–Crippen MR) is 94.9 cm³/mol. The van der Waals surface area contributed by atoms with Crippen LogP contribution < -0.4 is 10.6 Å². The molecule has 0 saturated carbocycles. The number of carbonyl (C=O) groups is 2. The zero-order chi connectivity index (χ0) is 18.4. The van der Waals surface area contributed by atoms with Crippen LogP contribution in [-0.4, -0.2) is 30.7 Å². The Labute approximate surface area is 150 Å². The predicted octanol–water partition coefficient (Wildman–Crippen LogP) is 3.10. The first-order valence-electron chi connectivity index (χ1n) is 7.70. The van der Waals surface area contributed by atoms with Crippen LogP contribution in [0.15, 0.2) is 22.7 Å². The van der Waals surface area contributed by atoms with Crippen LogP contribution in [0.1, 0.15) is 23.4 Å². The molecule has 134 valence electrons. The Morgan fingerprint density at radius 3 is 2.60 bits per heavy atom. The van der Waals surface area contributed by atoms with E-state index >= 15 is 0 Å². The third kappa shape index (κ3) is 5.30. The molecule has 1 heterocycles. The van der Waals surface area contributed by atoms with Crippen molar-refractivity contribution in [1.29, 1.82) is 0 Å². The SMILES string of the molecule is COCC(=O)Nc1ccc(NC(=O)CCc2c(C)noc2C)cc1Cl. The van der Waals surface area contributed by atoms with E-state index in [0.717, 1.165) is 17.0 Å². The highest BCUT2D eigenvalue weighted by Crippen LogP contribution is 2.25. The summed E-state index contributed by atoms with van der Waals surface area (Å²) in [6.07, 6.45) is 0.846. The van der Waals surface area contributed by atoms with Gasteiger partial charge in [0.1, 0.15) is 12.4 Å². The molecular formula is C17H20ClN3O4. The second kappa shape index (κ2) is 8.64. The molecule has 25 heavy (non-hydrogen) atoms. The van der Waals surface area contributed by atoms with Gasteiger partial charge in [0.25, 0.3) is 0 Å². The number of aromatic nitrogens is 1. The molecule has 2 amide bonds. The van der Waals surface area contributed by atoms with Crippen LogP contribution in [0.3, 0.4) is 0 Å². The molecule has 0 unspecified atom stereocenters. The highest BCUT2D eigenvalue weighted by atomic mass is 35.5. The zero-order valence-electron chi connectivity index (χ0n) is 14.3. The van der Waals surface area contributed by atoms with Crippen LogP contribution in [-0.2, 0) is 20.7 Å². The number of carbonyl (C=O) groups excluding carboxylic acids is 2. The summed E-state index contributed by atoms with van der Waals surface area (Å²) in [6.45, 7) is 3.61. The van der Waals surface area contributed by atoms with E-state index in [2.05, 4.69) is 15.8 Å². The van der Waals surface area contributed by atoms with Crippen molar-refractivity contribution in [1.82, 2.24) is 5.16 Å². The lowest BCUT2D eigenvalue weighted by molar-refractivity contribution is -0.119. The van der Waals surface area contributed by atoms with Gasteiger partial charge in [-0.3, -0.25) is 9.59 Å². The van der Waals surface area contributed by atoms with Gasteiger partial charge in [-0.25, -0.2) is 0 Å². The van der Waals surface area contributed by atoms with Crippen LogP contribution >= 0.6 is 11.6 Å². The Kier molecular flexibility index (Phi) is 6.55. The van der Waals surface area contributed by atoms with Crippen molar-refractivity contribution in [3.05, 3.63) is 40.2 Å². The summed E-state index contributed by atoms with van der Waals surface area (Å²) in [5, 5.41) is 9.60. The van der Waals surface area contributed by atoms with Gasteiger partial charge >= 0.3 is 0 Å². The fraction of sp³-hybridized carbons (Fsp3) is 0.353. The molecule has 0 aliphatic carbocycles. The van der Waals surface area contributed by atoms with Gasteiger partial charge in [0.15, 0.2) is 0 Å². The molecule has 0 fully saturated rings. The minimum Gasteiger partial charge on any atom is -0.375 e. The quantitative estimate of drug-likeness (QED) is 0.786. The number of halogens is 1. The second-order valence-corrected chi connectivity index (χ2v) is 5.93. The van der Waals surface area contributed by atoms with Crippen molar-refractivity contribution in [2.75, 3.05) is 24.4 Å². The Morgan fingerprint density at radius 2 is 2.00 bits per heavy atom. The van der Waals surface area contributed by atoms with E-state index in [-0.39, 0.29) is 18.4 Å². The van der Waals surface area contributed by atoms with Gasteiger partial charge in [0.05, 0.1) is 16.4 Å². The Morgan fingerprint density at radius 1 is 1.24 bits per heavy atom. The zero-order valence-corrected chi connectivity index (χ0v) is 15.1. The fourth-order valence-electron chi connectivity index (χ4n) is 2.33. The number of rotatable bonds is 7. The lowest BCUT2D eigenvalue weighted by atomic mass is 10.1. The lowest BCUT2D eigenvalue weighted by Crippen LogP contribution is -2.17. The third-order valence-corrected chi connectivity index (χ3v) is 3.90. The molecule has 0 aliphatic heterocycles. The molecule has 1 aromatic heterocycles. The first kappa shape index (κ1) is 19.0. The van der Waals surface area contributed by atoms with Gasteiger partial charge < -0.3 is 19.9 Å². The number of methoxy groups -OCH3 is 1. The molecule has 0 spiro atoms. The molecule has 0 radical (unpaired) electrons. The Balaban J connectivity index is 1.92. The maximum absolute atomic E-state index is 12.1. The van der Waals surface area contributed by atoms with Crippen LogP contribution in [0, 0.1) is 13.8 Å². The Hall–Kier alpha value is -2.38. The van der Waals surface area contributed by atoms with Crippen LogP contribution in [0.5, 0.6) is 0 Å². The number of nitrogens with one attached hydrogen (secondary N) is 2.